The molecule has 1 aromatic carbocycles. The highest BCUT2D eigenvalue weighted by Crippen LogP contribution is 2.29. The first-order valence-corrected chi connectivity index (χ1v) is 6.54. The van der Waals surface area contributed by atoms with Crippen molar-refractivity contribution < 1.29 is 9.90 Å². The van der Waals surface area contributed by atoms with Crippen LogP contribution in [0.25, 0.3) is 0 Å². The maximum absolute atomic E-state index is 10.9. The standard InChI is InChI=1S/C14H18N2O2/c17-14(18)10-2-1-3-12(8-10)15-13-5-7-16-6-4-11(13)9-16/h1-3,8,11,13,15H,4-7,9H2,(H,17,18). The summed E-state index contributed by atoms with van der Waals surface area (Å²) in [5.74, 6) is -0.151. The first-order chi connectivity index (χ1) is 8.72. The van der Waals surface area contributed by atoms with Crippen molar-refractivity contribution in [1.82, 2.24) is 4.90 Å². The van der Waals surface area contributed by atoms with Gasteiger partial charge in [-0.3, -0.25) is 0 Å². The van der Waals surface area contributed by atoms with E-state index in [0.29, 0.717) is 17.5 Å². The van der Waals surface area contributed by atoms with Crippen LogP contribution >= 0.6 is 0 Å². The number of hydrogen-bond acceptors (Lipinski definition) is 3. The number of fused-ring (bicyclic) bond motifs is 2. The third kappa shape index (κ3) is 2.20. The molecule has 3 rings (SSSR count). The van der Waals surface area contributed by atoms with Crippen molar-refractivity contribution in [2.75, 3.05) is 25.0 Å². The number of hydrogen-bond donors (Lipinski definition) is 2. The van der Waals surface area contributed by atoms with Crippen molar-refractivity contribution in [1.29, 1.82) is 0 Å². The maximum atomic E-state index is 10.9. The Morgan fingerprint density at radius 2 is 2.17 bits per heavy atom. The number of rotatable bonds is 3. The minimum Gasteiger partial charge on any atom is -0.478 e. The zero-order valence-corrected chi connectivity index (χ0v) is 10.3. The van der Waals surface area contributed by atoms with E-state index in [1.807, 2.05) is 6.07 Å². The summed E-state index contributed by atoms with van der Waals surface area (Å²) in [5, 5.41) is 12.5. The Bertz CT molecular complexity index is 461. The molecule has 2 N–H and O–H groups in total. The summed E-state index contributed by atoms with van der Waals surface area (Å²) in [7, 11) is 0. The summed E-state index contributed by atoms with van der Waals surface area (Å²) < 4.78 is 0. The molecule has 0 aromatic heterocycles. The van der Waals surface area contributed by atoms with E-state index in [-0.39, 0.29) is 0 Å². The number of nitrogens with one attached hydrogen (secondary N) is 1. The molecule has 2 aliphatic rings. The fourth-order valence-corrected chi connectivity index (χ4v) is 3.10. The smallest absolute Gasteiger partial charge is 0.335 e. The lowest BCUT2D eigenvalue weighted by Gasteiger charge is -2.31. The third-order valence-corrected chi connectivity index (χ3v) is 4.10. The van der Waals surface area contributed by atoms with Crippen LogP contribution < -0.4 is 5.32 Å². The molecule has 0 spiro atoms. The second kappa shape index (κ2) is 4.61. The van der Waals surface area contributed by atoms with Gasteiger partial charge in [0, 0.05) is 24.8 Å². The van der Waals surface area contributed by atoms with Gasteiger partial charge in [0.15, 0.2) is 0 Å². The molecule has 2 saturated heterocycles. The Morgan fingerprint density at radius 1 is 1.33 bits per heavy atom. The zero-order valence-electron chi connectivity index (χ0n) is 10.3. The number of piperidine rings is 1. The molecule has 0 radical (unpaired) electrons. The predicted octanol–water partition coefficient (Wildman–Crippen LogP) is 1.89. The fourth-order valence-electron chi connectivity index (χ4n) is 3.10. The first-order valence-electron chi connectivity index (χ1n) is 6.54. The van der Waals surface area contributed by atoms with E-state index in [9.17, 15) is 4.79 Å². The van der Waals surface area contributed by atoms with E-state index in [1.54, 1.807) is 18.2 Å². The van der Waals surface area contributed by atoms with Crippen LogP contribution in [-0.2, 0) is 0 Å². The highest BCUT2D eigenvalue weighted by atomic mass is 16.4. The normalized spacial score (nSPS) is 30.1. The van der Waals surface area contributed by atoms with Gasteiger partial charge in [-0.25, -0.2) is 4.79 Å². The van der Waals surface area contributed by atoms with Gasteiger partial charge in [0.05, 0.1) is 5.56 Å². The maximum Gasteiger partial charge on any atom is 0.335 e. The Morgan fingerprint density at radius 3 is 3.00 bits per heavy atom. The minimum absolute atomic E-state index is 0.351. The molecular formula is C14H18N2O2. The Labute approximate surface area is 107 Å². The first kappa shape index (κ1) is 11.5. The van der Waals surface area contributed by atoms with Gasteiger partial charge < -0.3 is 15.3 Å². The molecule has 0 amide bonds. The van der Waals surface area contributed by atoms with Crippen LogP contribution in [0.3, 0.4) is 0 Å². The molecule has 96 valence electrons. The Hall–Kier alpha value is -1.55. The molecule has 3 unspecified atom stereocenters. The van der Waals surface area contributed by atoms with Crippen molar-refractivity contribution in [2.24, 2.45) is 5.92 Å². The van der Waals surface area contributed by atoms with Gasteiger partial charge in [-0.05, 0) is 43.5 Å². The van der Waals surface area contributed by atoms with Crippen LogP contribution in [0.15, 0.2) is 24.3 Å². The molecule has 2 aliphatic heterocycles. The topological polar surface area (TPSA) is 52.6 Å². The lowest BCUT2D eigenvalue weighted by Crippen LogP contribution is -2.39. The number of carboxylic acids is 1. The number of carbonyl (C=O) groups is 1. The molecule has 0 aliphatic carbocycles. The van der Waals surface area contributed by atoms with Crippen LogP contribution in [0.2, 0.25) is 0 Å². The fraction of sp³-hybridized carbons (Fsp3) is 0.500. The number of aromatic carboxylic acids is 1. The molecule has 2 bridgehead atoms. The summed E-state index contributed by atoms with van der Waals surface area (Å²) in [6.45, 7) is 3.57. The number of benzene rings is 1. The molecule has 2 heterocycles. The van der Waals surface area contributed by atoms with Gasteiger partial charge in [0.2, 0.25) is 0 Å². The van der Waals surface area contributed by atoms with Gasteiger partial charge in [0.25, 0.3) is 0 Å². The van der Waals surface area contributed by atoms with Crippen LogP contribution in [0.1, 0.15) is 23.2 Å². The second-order valence-corrected chi connectivity index (χ2v) is 5.27. The van der Waals surface area contributed by atoms with Crippen molar-refractivity contribution in [3.63, 3.8) is 0 Å². The van der Waals surface area contributed by atoms with Crippen LogP contribution in [0.4, 0.5) is 5.69 Å². The molecule has 2 fully saturated rings. The summed E-state index contributed by atoms with van der Waals surface area (Å²) in [5.41, 5.74) is 1.28. The molecule has 18 heavy (non-hydrogen) atoms. The predicted molar refractivity (Wildman–Crippen MR) is 70.0 cm³/mol. The van der Waals surface area contributed by atoms with Gasteiger partial charge in [-0.1, -0.05) is 6.07 Å². The van der Waals surface area contributed by atoms with E-state index in [4.69, 9.17) is 5.11 Å². The van der Waals surface area contributed by atoms with Gasteiger partial charge in [-0.2, -0.15) is 0 Å². The molecule has 4 heteroatoms. The lowest BCUT2D eigenvalue weighted by atomic mass is 9.94. The highest BCUT2D eigenvalue weighted by Gasteiger charge is 2.34. The number of anilines is 1. The average molecular weight is 246 g/mol. The van der Waals surface area contributed by atoms with Crippen molar-refractivity contribution in [2.45, 2.75) is 18.9 Å². The summed E-state index contributed by atoms with van der Waals surface area (Å²) >= 11 is 0. The second-order valence-electron chi connectivity index (χ2n) is 5.27. The van der Waals surface area contributed by atoms with E-state index in [1.165, 1.54) is 19.5 Å². The number of carboxylic acid groups (broad SMARTS) is 1. The lowest BCUT2D eigenvalue weighted by molar-refractivity contribution is 0.0697. The summed E-state index contributed by atoms with van der Waals surface area (Å²) in [4.78, 5) is 13.4. The zero-order chi connectivity index (χ0) is 12.5. The van der Waals surface area contributed by atoms with E-state index in [2.05, 4.69) is 10.2 Å². The quantitative estimate of drug-likeness (QED) is 0.855. The molecule has 3 atom stereocenters. The molecule has 0 saturated carbocycles. The third-order valence-electron chi connectivity index (χ3n) is 4.10. The Kier molecular flexibility index (Phi) is 2.96. The molecular weight excluding hydrogens is 228 g/mol. The van der Waals surface area contributed by atoms with Crippen LogP contribution in [-0.4, -0.2) is 41.7 Å². The van der Waals surface area contributed by atoms with E-state index in [0.717, 1.165) is 18.7 Å². The van der Waals surface area contributed by atoms with Crippen molar-refractivity contribution in [3.8, 4) is 0 Å². The molecule has 1 aromatic rings. The summed E-state index contributed by atoms with van der Waals surface area (Å²) in [6.07, 6.45) is 2.41. The minimum atomic E-state index is -0.866. The SMILES string of the molecule is O=C(O)c1cccc(NC2CCN3CCC2C3)c1. The van der Waals surface area contributed by atoms with Crippen molar-refractivity contribution >= 4 is 11.7 Å². The van der Waals surface area contributed by atoms with Crippen LogP contribution in [0, 0.1) is 5.92 Å². The van der Waals surface area contributed by atoms with E-state index < -0.39 is 5.97 Å². The molecule has 4 nitrogen and oxygen atoms in total. The average Bonchev–Trinajstić information content (AvgIpc) is 2.76. The van der Waals surface area contributed by atoms with Crippen molar-refractivity contribution in [3.05, 3.63) is 29.8 Å². The van der Waals surface area contributed by atoms with E-state index >= 15 is 0 Å². The highest BCUT2D eigenvalue weighted by molar-refractivity contribution is 5.88. The Balaban J connectivity index is 1.72. The van der Waals surface area contributed by atoms with Crippen LogP contribution in [0.5, 0.6) is 0 Å². The summed E-state index contributed by atoms with van der Waals surface area (Å²) in [6, 6.07) is 7.60. The monoisotopic (exact) mass is 246 g/mol. The number of nitrogens with zero attached hydrogens (tertiary/aromatic N) is 1. The van der Waals surface area contributed by atoms with Gasteiger partial charge in [0.1, 0.15) is 0 Å². The van der Waals surface area contributed by atoms with Gasteiger partial charge >= 0.3 is 5.97 Å². The van der Waals surface area contributed by atoms with Gasteiger partial charge in [-0.15, -0.1) is 0 Å². The largest absolute Gasteiger partial charge is 0.478 e.